The van der Waals surface area contributed by atoms with Crippen LogP contribution >= 0.6 is 0 Å². The summed E-state index contributed by atoms with van der Waals surface area (Å²) in [4.78, 5) is 15.0. The minimum absolute atomic E-state index is 0.336. The summed E-state index contributed by atoms with van der Waals surface area (Å²) in [5.41, 5.74) is 6.03. The van der Waals surface area contributed by atoms with Crippen molar-refractivity contribution in [2.24, 2.45) is 11.1 Å². The number of nitriles is 1. The first-order valence-electron chi connectivity index (χ1n) is 5.31. The number of aromatic nitrogens is 1. The first-order valence-corrected chi connectivity index (χ1v) is 5.31. The van der Waals surface area contributed by atoms with Crippen LogP contribution in [0.5, 0.6) is 0 Å². The van der Waals surface area contributed by atoms with Crippen LogP contribution in [0.25, 0.3) is 0 Å². The Kier molecular flexibility index (Phi) is 4.18. The number of nitrogens with two attached hydrogens (primary N) is 1. The molecule has 0 aliphatic carbocycles. The third-order valence-corrected chi connectivity index (χ3v) is 2.50. The predicted molar refractivity (Wildman–Crippen MR) is 63.6 cm³/mol. The molecule has 0 aliphatic rings. The number of hydrogen-bond donors (Lipinski definition) is 2. The Balaban J connectivity index is 2.52. The Morgan fingerprint density at radius 3 is 2.94 bits per heavy atom. The van der Waals surface area contributed by atoms with Gasteiger partial charge in [0, 0.05) is 19.3 Å². The smallest absolute Gasteiger partial charge is 0.224 e. The van der Waals surface area contributed by atoms with E-state index in [4.69, 9.17) is 11.0 Å². The number of rotatable bonds is 5. The van der Waals surface area contributed by atoms with Gasteiger partial charge >= 0.3 is 0 Å². The Labute approximate surface area is 101 Å². The summed E-state index contributed by atoms with van der Waals surface area (Å²) in [7, 11) is 0. The van der Waals surface area contributed by atoms with Crippen molar-refractivity contribution in [3.05, 3.63) is 29.6 Å². The minimum atomic E-state index is -0.578. The molecule has 0 spiro atoms. The summed E-state index contributed by atoms with van der Waals surface area (Å²) < 4.78 is 0. The van der Waals surface area contributed by atoms with E-state index in [9.17, 15) is 4.79 Å². The molecule has 1 amide bonds. The number of primary amides is 1. The third-order valence-electron chi connectivity index (χ3n) is 2.50. The molecule has 0 fully saturated rings. The highest BCUT2D eigenvalue weighted by Gasteiger charge is 2.23. The van der Waals surface area contributed by atoms with Gasteiger partial charge in [0.2, 0.25) is 5.91 Å². The van der Waals surface area contributed by atoms with Crippen molar-refractivity contribution in [1.29, 1.82) is 5.26 Å². The SMILES string of the molecule is CC(C)(CNCc1ccnc(C#N)c1)C(N)=O. The number of nitrogens with one attached hydrogen (secondary N) is 1. The highest BCUT2D eigenvalue weighted by atomic mass is 16.1. The molecule has 5 nitrogen and oxygen atoms in total. The van der Waals surface area contributed by atoms with Crippen LogP contribution < -0.4 is 11.1 Å². The van der Waals surface area contributed by atoms with E-state index in [0.717, 1.165) is 5.56 Å². The van der Waals surface area contributed by atoms with Crippen LogP contribution in [0.1, 0.15) is 25.1 Å². The van der Waals surface area contributed by atoms with Gasteiger partial charge in [0.15, 0.2) is 0 Å². The summed E-state index contributed by atoms with van der Waals surface area (Å²) in [6.07, 6.45) is 1.59. The second kappa shape index (κ2) is 5.41. The minimum Gasteiger partial charge on any atom is -0.369 e. The lowest BCUT2D eigenvalue weighted by molar-refractivity contribution is -0.125. The van der Waals surface area contributed by atoms with Gasteiger partial charge in [0.25, 0.3) is 0 Å². The van der Waals surface area contributed by atoms with Crippen molar-refractivity contribution in [1.82, 2.24) is 10.3 Å². The van der Waals surface area contributed by atoms with Crippen LogP contribution in [0.2, 0.25) is 0 Å². The molecule has 1 aromatic heterocycles. The molecule has 0 saturated carbocycles. The van der Waals surface area contributed by atoms with Gasteiger partial charge in [-0.1, -0.05) is 0 Å². The second-order valence-electron chi connectivity index (χ2n) is 4.51. The molecule has 1 rings (SSSR count). The Morgan fingerprint density at radius 2 is 2.35 bits per heavy atom. The normalized spacial score (nSPS) is 10.9. The lowest BCUT2D eigenvalue weighted by atomic mass is 9.93. The van der Waals surface area contributed by atoms with Crippen molar-refractivity contribution in [3.63, 3.8) is 0 Å². The fraction of sp³-hybridized carbons (Fsp3) is 0.417. The topological polar surface area (TPSA) is 91.8 Å². The molecular weight excluding hydrogens is 216 g/mol. The molecule has 1 aromatic rings. The van der Waals surface area contributed by atoms with Gasteiger partial charge in [-0.15, -0.1) is 0 Å². The quantitative estimate of drug-likeness (QED) is 0.775. The van der Waals surface area contributed by atoms with Gasteiger partial charge < -0.3 is 11.1 Å². The van der Waals surface area contributed by atoms with E-state index in [0.29, 0.717) is 18.8 Å². The summed E-state index contributed by atoms with van der Waals surface area (Å²) in [6.45, 7) is 4.64. The van der Waals surface area contributed by atoms with Crippen molar-refractivity contribution < 1.29 is 4.79 Å². The molecule has 0 saturated heterocycles. The van der Waals surface area contributed by atoms with Gasteiger partial charge in [-0.2, -0.15) is 5.26 Å². The number of carbonyl (C=O) groups excluding carboxylic acids is 1. The largest absolute Gasteiger partial charge is 0.369 e. The van der Waals surface area contributed by atoms with Gasteiger partial charge in [-0.25, -0.2) is 4.98 Å². The number of hydrogen-bond acceptors (Lipinski definition) is 4. The maximum atomic E-state index is 11.1. The van der Waals surface area contributed by atoms with Crippen LogP contribution in [-0.2, 0) is 11.3 Å². The molecule has 5 heteroatoms. The molecule has 90 valence electrons. The van der Waals surface area contributed by atoms with E-state index >= 15 is 0 Å². The average Bonchev–Trinajstić information content (AvgIpc) is 2.29. The van der Waals surface area contributed by atoms with Gasteiger partial charge in [-0.05, 0) is 31.5 Å². The Hall–Kier alpha value is -1.93. The standard InChI is InChI=1S/C12H16N4O/c1-12(2,11(14)17)8-15-7-9-3-4-16-10(5-9)6-13/h3-5,15H,7-8H2,1-2H3,(H2,14,17). The summed E-state index contributed by atoms with van der Waals surface area (Å²) >= 11 is 0. The molecule has 0 aromatic carbocycles. The van der Waals surface area contributed by atoms with E-state index < -0.39 is 5.41 Å². The first-order chi connectivity index (χ1) is 7.95. The van der Waals surface area contributed by atoms with Crippen LogP contribution in [0, 0.1) is 16.7 Å². The van der Waals surface area contributed by atoms with E-state index in [2.05, 4.69) is 10.3 Å². The Morgan fingerprint density at radius 1 is 1.65 bits per heavy atom. The summed E-state index contributed by atoms with van der Waals surface area (Å²) in [5, 5.41) is 11.8. The lowest BCUT2D eigenvalue weighted by Crippen LogP contribution is -2.40. The van der Waals surface area contributed by atoms with Crippen LogP contribution in [0.15, 0.2) is 18.3 Å². The zero-order chi connectivity index (χ0) is 12.9. The first kappa shape index (κ1) is 13.1. The molecule has 0 aliphatic heterocycles. The lowest BCUT2D eigenvalue weighted by Gasteiger charge is -2.20. The maximum absolute atomic E-state index is 11.1. The van der Waals surface area contributed by atoms with Crippen LogP contribution in [0.3, 0.4) is 0 Å². The van der Waals surface area contributed by atoms with Crippen molar-refractivity contribution in [2.45, 2.75) is 20.4 Å². The van der Waals surface area contributed by atoms with E-state index in [1.165, 1.54) is 0 Å². The van der Waals surface area contributed by atoms with Crippen molar-refractivity contribution in [3.8, 4) is 6.07 Å². The second-order valence-corrected chi connectivity index (χ2v) is 4.51. The number of nitrogens with zero attached hydrogens (tertiary/aromatic N) is 2. The molecule has 17 heavy (non-hydrogen) atoms. The highest BCUT2D eigenvalue weighted by Crippen LogP contribution is 2.12. The van der Waals surface area contributed by atoms with Crippen LogP contribution in [-0.4, -0.2) is 17.4 Å². The zero-order valence-electron chi connectivity index (χ0n) is 10.0. The number of amides is 1. The molecule has 3 N–H and O–H groups in total. The number of pyridine rings is 1. The van der Waals surface area contributed by atoms with E-state index in [1.807, 2.05) is 12.1 Å². The number of carbonyl (C=O) groups is 1. The monoisotopic (exact) mass is 232 g/mol. The molecule has 1 heterocycles. The molecule has 0 atom stereocenters. The van der Waals surface area contributed by atoms with E-state index in [1.54, 1.807) is 26.1 Å². The van der Waals surface area contributed by atoms with Gasteiger partial charge in [-0.3, -0.25) is 4.79 Å². The molecular formula is C12H16N4O. The van der Waals surface area contributed by atoms with Crippen molar-refractivity contribution >= 4 is 5.91 Å². The summed E-state index contributed by atoms with van der Waals surface area (Å²) in [5.74, 6) is -0.336. The maximum Gasteiger partial charge on any atom is 0.224 e. The van der Waals surface area contributed by atoms with E-state index in [-0.39, 0.29) is 5.91 Å². The van der Waals surface area contributed by atoms with Crippen LogP contribution in [0.4, 0.5) is 0 Å². The predicted octanol–water partition coefficient (Wildman–Crippen LogP) is 0.554. The fourth-order valence-electron chi connectivity index (χ4n) is 1.25. The highest BCUT2D eigenvalue weighted by molar-refractivity contribution is 5.80. The third kappa shape index (κ3) is 3.85. The summed E-state index contributed by atoms with van der Waals surface area (Å²) in [6, 6.07) is 5.52. The molecule has 0 bridgehead atoms. The average molecular weight is 232 g/mol. The fourth-order valence-corrected chi connectivity index (χ4v) is 1.25. The van der Waals surface area contributed by atoms with Gasteiger partial charge in [0.1, 0.15) is 11.8 Å². The van der Waals surface area contributed by atoms with Gasteiger partial charge in [0.05, 0.1) is 5.41 Å². The molecule has 0 unspecified atom stereocenters. The zero-order valence-corrected chi connectivity index (χ0v) is 10.0. The molecule has 0 radical (unpaired) electrons. The Bertz CT molecular complexity index is 448. The van der Waals surface area contributed by atoms with Crippen molar-refractivity contribution in [2.75, 3.05) is 6.54 Å².